The van der Waals surface area contributed by atoms with E-state index in [9.17, 15) is 14.7 Å². The molecule has 0 saturated carbocycles. The number of likely N-dealkylation sites (tertiary alicyclic amines) is 2. The molecule has 2 saturated heterocycles. The van der Waals surface area contributed by atoms with Crippen molar-refractivity contribution in [2.24, 2.45) is 5.92 Å². The lowest BCUT2D eigenvalue weighted by Gasteiger charge is -2.33. The summed E-state index contributed by atoms with van der Waals surface area (Å²) in [5.74, 6) is 1.20. The molecular formula is C28H36N2O5. The third-order valence-corrected chi connectivity index (χ3v) is 6.52. The Labute approximate surface area is 207 Å². The van der Waals surface area contributed by atoms with Gasteiger partial charge in [0, 0.05) is 31.7 Å². The van der Waals surface area contributed by atoms with E-state index in [1.807, 2.05) is 69.3 Å². The van der Waals surface area contributed by atoms with Crippen molar-refractivity contribution >= 4 is 12.0 Å². The van der Waals surface area contributed by atoms with Crippen molar-refractivity contribution in [2.75, 3.05) is 32.8 Å². The quantitative estimate of drug-likeness (QED) is 0.677. The Hall–Kier alpha value is -3.06. The number of rotatable bonds is 5. The van der Waals surface area contributed by atoms with Gasteiger partial charge in [0.1, 0.15) is 11.4 Å². The van der Waals surface area contributed by atoms with Crippen molar-refractivity contribution in [3.05, 3.63) is 54.1 Å². The lowest BCUT2D eigenvalue weighted by Crippen LogP contribution is -2.42. The first-order chi connectivity index (χ1) is 16.7. The highest BCUT2D eigenvalue weighted by molar-refractivity contribution is 5.95. The maximum absolute atomic E-state index is 12.6. The maximum atomic E-state index is 12.6. The van der Waals surface area contributed by atoms with E-state index in [1.54, 1.807) is 9.80 Å². The van der Waals surface area contributed by atoms with Crippen LogP contribution in [0.25, 0.3) is 11.1 Å². The number of aliphatic hydroxyl groups excluding tert-OH is 1. The standard InChI is InChI=1S/C28H36N2O5/c1-28(2,3)35-27(33)29-15-12-20(13-16-29)19-34-25-10-8-22(9-11-25)21-4-6-23(7-5-21)26(32)30-17-14-24(31)18-30/h4-11,20,24,31H,12-19H2,1-3H3. The summed E-state index contributed by atoms with van der Waals surface area (Å²) in [6, 6.07) is 15.6. The Morgan fingerprint density at radius 2 is 1.46 bits per heavy atom. The molecule has 1 unspecified atom stereocenters. The van der Waals surface area contributed by atoms with Crippen LogP contribution in [0.3, 0.4) is 0 Å². The van der Waals surface area contributed by atoms with Gasteiger partial charge in [0.05, 0.1) is 12.7 Å². The van der Waals surface area contributed by atoms with Gasteiger partial charge in [-0.05, 0) is 81.3 Å². The minimum Gasteiger partial charge on any atom is -0.493 e. The second-order valence-electron chi connectivity index (χ2n) is 10.5. The molecule has 7 heteroatoms. The van der Waals surface area contributed by atoms with E-state index >= 15 is 0 Å². The number of carbonyl (C=O) groups is 2. The monoisotopic (exact) mass is 480 g/mol. The van der Waals surface area contributed by atoms with Gasteiger partial charge in [-0.15, -0.1) is 0 Å². The van der Waals surface area contributed by atoms with Crippen LogP contribution in [0.5, 0.6) is 5.75 Å². The average Bonchev–Trinajstić information content (AvgIpc) is 3.28. The molecule has 4 rings (SSSR count). The summed E-state index contributed by atoms with van der Waals surface area (Å²) >= 11 is 0. The van der Waals surface area contributed by atoms with Gasteiger partial charge < -0.3 is 24.4 Å². The molecule has 0 spiro atoms. The van der Waals surface area contributed by atoms with E-state index in [0.717, 1.165) is 29.7 Å². The minimum atomic E-state index is -0.471. The number of aliphatic hydroxyl groups is 1. The lowest BCUT2D eigenvalue weighted by molar-refractivity contribution is 0.0165. The molecule has 1 atom stereocenters. The zero-order chi connectivity index (χ0) is 25.0. The molecule has 2 aromatic carbocycles. The van der Waals surface area contributed by atoms with E-state index in [2.05, 4.69) is 0 Å². The van der Waals surface area contributed by atoms with Crippen molar-refractivity contribution in [1.29, 1.82) is 0 Å². The maximum Gasteiger partial charge on any atom is 0.410 e. The molecule has 0 aromatic heterocycles. The molecule has 2 aliphatic rings. The molecule has 2 heterocycles. The molecule has 2 fully saturated rings. The number of amides is 2. The normalized spacial score (nSPS) is 19.0. The highest BCUT2D eigenvalue weighted by atomic mass is 16.6. The molecule has 2 amide bonds. The Morgan fingerprint density at radius 3 is 2.00 bits per heavy atom. The first-order valence-corrected chi connectivity index (χ1v) is 12.5. The van der Waals surface area contributed by atoms with Crippen molar-refractivity contribution < 1.29 is 24.2 Å². The second kappa shape index (κ2) is 10.7. The summed E-state index contributed by atoms with van der Waals surface area (Å²) in [5, 5.41) is 9.66. The van der Waals surface area contributed by atoms with Crippen LogP contribution in [0.2, 0.25) is 0 Å². The van der Waals surface area contributed by atoms with Crippen LogP contribution in [0.1, 0.15) is 50.4 Å². The molecular weight excluding hydrogens is 444 g/mol. The number of nitrogens with zero attached hydrogens (tertiary/aromatic N) is 2. The Morgan fingerprint density at radius 1 is 0.886 bits per heavy atom. The largest absolute Gasteiger partial charge is 0.493 e. The molecule has 7 nitrogen and oxygen atoms in total. The topological polar surface area (TPSA) is 79.3 Å². The lowest BCUT2D eigenvalue weighted by atomic mass is 9.98. The van der Waals surface area contributed by atoms with Gasteiger partial charge in [0.2, 0.25) is 0 Å². The Bertz CT molecular complexity index is 1010. The third kappa shape index (κ3) is 6.75. The summed E-state index contributed by atoms with van der Waals surface area (Å²) in [4.78, 5) is 28.3. The van der Waals surface area contributed by atoms with Gasteiger partial charge in [-0.25, -0.2) is 4.79 Å². The summed E-state index contributed by atoms with van der Waals surface area (Å²) in [7, 11) is 0. The minimum absolute atomic E-state index is 0.0335. The smallest absolute Gasteiger partial charge is 0.410 e. The van der Waals surface area contributed by atoms with Crippen LogP contribution >= 0.6 is 0 Å². The number of carbonyl (C=O) groups excluding carboxylic acids is 2. The van der Waals surface area contributed by atoms with Crippen molar-refractivity contribution in [3.8, 4) is 16.9 Å². The molecule has 2 aliphatic heterocycles. The number of hydrogen-bond donors (Lipinski definition) is 1. The Kier molecular flexibility index (Phi) is 7.65. The fourth-order valence-corrected chi connectivity index (χ4v) is 4.48. The van der Waals surface area contributed by atoms with Crippen LogP contribution in [0.15, 0.2) is 48.5 Å². The van der Waals surface area contributed by atoms with E-state index < -0.39 is 11.7 Å². The average molecular weight is 481 g/mol. The van der Waals surface area contributed by atoms with Gasteiger partial charge in [-0.3, -0.25) is 4.79 Å². The zero-order valence-corrected chi connectivity index (χ0v) is 20.9. The predicted octanol–water partition coefficient (Wildman–Crippen LogP) is 4.59. The number of hydrogen-bond acceptors (Lipinski definition) is 5. The first kappa shape index (κ1) is 25.0. The fourth-order valence-electron chi connectivity index (χ4n) is 4.48. The highest BCUT2D eigenvalue weighted by Gasteiger charge is 2.27. The first-order valence-electron chi connectivity index (χ1n) is 12.5. The predicted molar refractivity (Wildman–Crippen MR) is 134 cm³/mol. The molecule has 0 radical (unpaired) electrons. The number of ether oxygens (including phenoxy) is 2. The van der Waals surface area contributed by atoms with Crippen LogP contribution in [-0.4, -0.2) is 71.4 Å². The molecule has 0 bridgehead atoms. The summed E-state index contributed by atoms with van der Waals surface area (Å²) < 4.78 is 11.5. The van der Waals surface area contributed by atoms with E-state index in [-0.39, 0.29) is 12.0 Å². The number of β-amino-alcohol motifs (C(OH)–C–C–N with tert-alkyl or cyclic N) is 1. The van der Waals surface area contributed by atoms with Gasteiger partial charge in [0.25, 0.3) is 5.91 Å². The van der Waals surface area contributed by atoms with Gasteiger partial charge in [-0.1, -0.05) is 24.3 Å². The number of piperidine rings is 1. The third-order valence-electron chi connectivity index (χ3n) is 6.52. The van der Waals surface area contributed by atoms with Gasteiger partial charge in [-0.2, -0.15) is 0 Å². The molecule has 35 heavy (non-hydrogen) atoms. The molecule has 2 aromatic rings. The second-order valence-corrected chi connectivity index (χ2v) is 10.5. The van der Waals surface area contributed by atoms with Gasteiger partial charge in [0.15, 0.2) is 0 Å². The van der Waals surface area contributed by atoms with E-state index in [0.29, 0.717) is 50.7 Å². The summed E-state index contributed by atoms with van der Waals surface area (Å²) in [5.41, 5.74) is 2.25. The van der Waals surface area contributed by atoms with Crippen molar-refractivity contribution in [2.45, 2.75) is 51.7 Å². The fraction of sp³-hybridized carbons (Fsp3) is 0.500. The van der Waals surface area contributed by atoms with Gasteiger partial charge >= 0.3 is 6.09 Å². The molecule has 188 valence electrons. The SMILES string of the molecule is CC(C)(C)OC(=O)N1CCC(COc2ccc(-c3ccc(C(=O)N4CCC(O)C4)cc3)cc2)CC1. The van der Waals surface area contributed by atoms with Crippen LogP contribution in [-0.2, 0) is 4.74 Å². The highest BCUT2D eigenvalue weighted by Crippen LogP contribution is 2.25. The zero-order valence-electron chi connectivity index (χ0n) is 20.9. The van der Waals surface area contributed by atoms with Crippen LogP contribution in [0, 0.1) is 5.92 Å². The molecule has 1 N–H and O–H groups in total. The van der Waals surface area contributed by atoms with E-state index in [1.165, 1.54) is 0 Å². The summed E-state index contributed by atoms with van der Waals surface area (Å²) in [6.07, 6.45) is 1.80. The summed E-state index contributed by atoms with van der Waals surface area (Å²) in [6.45, 7) is 8.68. The van der Waals surface area contributed by atoms with Crippen LogP contribution < -0.4 is 4.74 Å². The van der Waals surface area contributed by atoms with Crippen molar-refractivity contribution in [3.63, 3.8) is 0 Å². The Balaban J connectivity index is 1.24. The van der Waals surface area contributed by atoms with Crippen LogP contribution in [0.4, 0.5) is 4.79 Å². The van der Waals surface area contributed by atoms with E-state index in [4.69, 9.17) is 9.47 Å². The van der Waals surface area contributed by atoms with Crippen molar-refractivity contribution in [1.82, 2.24) is 9.80 Å². The number of benzene rings is 2. The molecule has 0 aliphatic carbocycles.